The lowest BCUT2D eigenvalue weighted by Crippen LogP contribution is -2.38. The molecule has 0 unspecified atom stereocenters. The van der Waals surface area contributed by atoms with E-state index in [0.717, 1.165) is 27.3 Å². The maximum absolute atomic E-state index is 12.5. The van der Waals surface area contributed by atoms with Gasteiger partial charge in [0, 0.05) is 0 Å². The molecule has 2 aromatic carbocycles. The first kappa shape index (κ1) is 19.3. The van der Waals surface area contributed by atoms with Crippen LogP contribution >= 0.6 is 11.6 Å². The number of para-hydroxylation sites is 1. The van der Waals surface area contributed by atoms with Gasteiger partial charge in [0.15, 0.2) is 0 Å². The van der Waals surface area contributed by atoms with Gasteiger partial charge in [-0.3, -0.25) is 9.10 Å². The first-order valence-corrected chi connectivity index (χ1v) is 9.92. The Labute approximate surface area is 153 Å². The van der Waals surface area contributed by atoms with E-state index in [-0.39, 0.29) is 6.54 Å². The van der Waals surface area contributed by atoms with Gasteiger partial charge in [0.1, 0.15) is 6.54 Å². The minimum absolute atomic E-state index is 0.326. The van der Waals surface area contributed by atoms with Crippen molar-refractivity contribution in [1.29, 1.82) is 0 Å². The molecule has 0 heterocycles. The number of halogens is 1. The van der Waals surface area contributed by atoms with Crippen LogP contribution in [-0.2, 0) is 14.8 Å². The molecule has 0 saturated carbocycles. The van der Waals surface area contributed by atoms with Gasteiger partial charge < -0.3 is 5.32 Å². The molecule has 0 saturated heterocycles. The summed E-state index contributed by atoms with van der Waals surface area (Å²) < 4.78 is 25.4. The number of rotatable bonds is 5. The van der Waals surface area contributed by atoms with Crippen molar-refractivity contribution in [2.24, 2.45) is 0 Å². The minimum atomic E-state index is -3.62. The SMILES string of the molecule is Cc1cc(C)c(NC(=O)CN(c2ccccc2C)S(C)(=O)=O)c(Cl)c1. The summed E-state index contributed by atoms with van der Waals surface area (Å²) in [5.41, 5.74) is 3.55. The second-order valence-corrected chi connectivity index (χ2v) is 8.36. The largest absolute Gasteiger partial charge is 0.323 e. The molecule has 1 N–H and O–H groups in total. The molecule has 0 bridgehead atoms. The monoisotopic (exact) mass is 380 g/mol. The minimum Gasteiger partial charge on any atom is -0.323 e. The van der Waals surface area contributed by atoms with E-state index >= 15 is 0 Å². The highest BCUT2D eigenvalue weighted by Gasteiger charge is 2.22. The molecule has 0 spiro atoms. The van der Waals surface area contributed by atoms with Gasteiger partial charge in [-0.2, -0.15) is 0 Å². The molecule has 0 aliphatic heterocycles. The molecule has 7 heteroatoms. The Morgan fingerprint density at radius 2 is 1.76 bits per heavy atom. The van der Waals surface area contributed by atoms with Gasteiger partial charge in [0.2, 0.25) is 15.9 Å². The lowest BCUT2D eigenvalue weighted by Gasteiger charge is -2.24. The number of anilines is 2. The van der Waals surface area contributed by atoms with Crippen LogP contribution in [0.3, 0.4) is 0 Å². The van der Waals surface area contributed by atoms with Gasteiger partial charge in [-0.15, -0.1) is 0 Å². The highest BCUT2D eigenvalue weighted by Crippen LogP contribution is 2.28. The zero-order chi connectivity index (χ0) is 18.8. The third kappa shape index (κ3) is 4.74. The Bertz CT molecular complexity index is 887. The fourth-order valence-corrected chi connectivity index (χ4v) is 3.89. The number of hydrogen-bond donors (Lipinski definition) is 1. The van der Waals surface area contributed by atoms with Crippen LogP contribution in [-0.4, -0.2) is 27.1 Å². The summed E-state index contributed by atoms with van der Waals surface area (Å²) in [6.07, 6.45) is 1.08. The third-order valence-electron chi connectivity index (χ3n) is 3.77. The number of hydrogen-bond acceptors (Lipinski definition) is 3. The molecule has 0 fully saturated rings. The molecule has 0 aliphatic carbocycles. The Hall–Kier alpha value is -2.05. The van der Waals surface area contributed by atoms with Crippen molar-refractivity contribution in [3.63, 3.8) is 0 Å². The fourth-order valence-electron chi connectivity index (χ4n) is 2.61. The summed E-state index contributed by atoms with van der Waals surface area (Å²) in [5.74, 6) is -0.456. The maximum Gasteiger partial charge on any atom is 0.245 e. The van der Waals surface area contributed by atoms with E-state index in [0.29, 0.717) is 16.4 Å². The van der Waals surface area contributed by atoms with E-state index < -0.39 is 15.9 Å². The van der Waals surface area contributed by atoms with Crippen molar-refractivity contribution in [2.45, 2.75) is 20.8 Å². The molecule has 0 atom stereocenters. The average molecular weight is 381 g/mol. The van der Waals surface area contributed by atoms with E-state index in [1.54, 1.807) is 31.2 Å². The lowest BCUT2D eigenvalue weighted by atomic mass is 10.1. The number of aryl methyl sites for hydroxylation is 3. The van der Waals surface area contributed by atoms with Crippen molar-refractivity contribution < 1.29 is 13.2 Å². The van der Waals surface area contributed by atoms with Crippen molar-refractivity contribution in [3.8, 4) is 0 Å². The van der Waals surface area contributed by atoms with E-state index in [2.05, 4.69) is 5.32 Å². The predicted molar refractivity (Wildman–Crippen MR) is 103 cm³/mol. The highest BCUT2D eigenvalue weighted by atomic mass is 35.5. The van der Waals surface area contributed by atoms with Crippen LogP contribution in [0.5, 0.6) is 0 Å². The number of amides is 1. The summed E-state index contributed by atoms with van der Waals surface area (Å²) in [6, 6.07) is 10.7. The van der Waals surface area contributed by atoms with Crippen LogP contribution in [0.1, 0.15) is 16.7 Å². The number of nitrogens with zero attached hydrogens (tertiary/aromatic N) is 1. The van der Waals surface area contributed by atoms with Crippen molar-refractivity contribution in [3.05, 3.63) is 58.1 Å². The lowest BCUT2D eigenvalue weighted by molar-refractivity contribution is -0.114. The van der Waals surface area contributed by atoms with Gasteiger partial charge in [-0.25, -0.2) is 8.42 Å². The van der Waals surface area contributed by atoms with Crippen molar-refractivity contribution in [2.75, 3.05) is 22.4 Å². The Morgan fingerprint density at radius 3 is 2.32 bits per heavy atom. The van der Waals surface area contributed by atoms with Crippen LogP contribution in [0.15, 0.2) is 36.4 Å². The summed E-state index contributed by atoms with van der Waals surface area (Å²) in [4.78, 5) is 12.5. The third-order valence-corrected chi connectivity index (χ3v) is 5.19. The maximum atomic E-state index is 12.5. The zero-order valence-electron chi connectivity index (χ0n) is 14.6. The van der Waals surface area contributed by atoms with Gasteiger partial charge in [0.25, 0.3) is 0 Å². The van der Waals surface area contributed by atoms with Crippen LogP contribution in [0.4, 0.5) is 11.4 Å². The molecule has 134 valence electrons. The number of nitrogens with one attached hydrogen (secondary N) is 1. The first-order valence-electron chi connectivity index (χ1n) is 7.69. The van der Waals surface area contributed by atoms with Crippen molar-refractivity contribution >= 4 is 38.9 Å². The molecule has 2 rings (SSSR count). The van der Waals surface area contributed by atoms with E-state index in [4.69, 9.17) is 11.6 Å². The number of benzene rings is 2. The number of carbonyl (C=O) groups excluding carboxylic acids is 1. The van der Waals surface area contributed by atoms with Gasteiger partial charge in [-0.1, -0.05) is 35.9 Å². The van der Waals surface area contributed by atoms with Crippen molar-refractivity contribution in [1.82, 2.24) is 0 Å². The normalized spacial score (nSPS) is 11.2. The first-order chi connectivity index (χ1) is 11.6. The van der Waals surface area contributed by atoms with Gasteiger partial charge >= 0.3 is 0 Å². The second kappa shape index (κ2) is 7.45. The summed E-state index contributed by atoms with van der Waals surface area (Å²) in [6.45, 7) is 5.22. The van der Waals surface area contributed by atoms with Crippen LogP contribution < -0.4 is 9.62 Å². The Morgan fingerprint density at radius 1 is 1.12 bits per heavy atom. The smallest absolute Gasteiger partial charge is 0.245 e. The van der Waals surface area contributed by atoms with Crippen LogP contribution in [0.25, 0.3) is 0 Å². The standard InChI is InChI=1S/C18H21ClN2O3S/c1-12-9-14(3)18(15(19)10-12)20-17(22)11-21(25(4,23)24)16-8-6-5-7-13(16)2/h5-10H,11H2,1-4H3,(H,20,22). The molecular formula is C18H21ClN2O3S. The highest BCUT2D eigenvalue weighted by molar-refractivity contribution is 7.92. The quantitative estimate of drug-likeness (QED) is 0.860. The number of carbonyl (C=O) groups is 1. The molecule has 0 radical (unpaired) electrons. The number of sulfonamides is 1. The second-order valence-electron chi connectivity index (χ2n) is 6.04. The predicted octanol–water partition coefficient (Wildman–Crippen LogP) is 3.67. The Balaban J connectivity index is 2.29. The van der Waals surface area contributed by atoms with Gasteiger partial charge in [-0.05, 0) is 49.6 Å². The Kier molecular flexibility index (Phi) is 5.75. The molecular weight excluding hydrogens is 360 g/mol. The summed E-state index contributed by atoms with van der Waals surface area (Å²) >= 11 is 6.20. The average Bonchev–Trinajstić information content (AvgIpc) is 2.48. The molecule has 0 aromatic heterocycles. The van der Waals surface area contributed by atoms with Crippen LogP contribution in [0, 0.1) is 20.8 Å². The molecule has 2 aromatic rings. The molecule has 1 amide bonds. The van der Waals surface area contributed by atoms with E-state index in [1.165, 1.54) is 0 Å². The molecule has 25 heavy (non-hydrogen) atoms. The zero-order valence-corrected chi connectivity index (χ0v) is 16.2. The molecule has 0 aliphatic rings. The van der Waals surface area contributed by atoms with E-state index in [9.17, 15) is 13.2 Å². The summed E-state index contributed by atoms with van der Waals surface area (Å²) in [5, 5.41) is 3.14. The topological polar surface area (TPSA) is 66.5 Å². The van der Waals surface area contributed by atoms with E-state index in [1.807, 2.05) is 26.0 Å². The summed E-state index contributed by atoms with van der Waals surface area (Å²) in [7, 11) is -3.62. The molecule has 5 nitrogen and oxygen atoms in total. The van der Waals surface area contributed by atoms with Gasteiger partial charge in [0.05, 0.1) is 22.7 Å². The fraction of sp³-hybridized carbons (Fsp3) is 0.278. The van der Waals surface area contributed by atoms with Crippen LogP contribution in [0.2, 0.25) is 5.02 Å².